The smallest absolute Gasteiger partial charge is 0.0588 e. The van der Waals surface area contributed by atoms with E-state index in [0.29, 0.717) is 12.1 Å². The number of rotatable bonds is 5. The molecule has 94 valence electrons. The summed E-state index contributed by atoms with van der Waals surface area (Å²) in [6, 6.07) is 8.30. The molecule has 0 spiro atoms. The third kappa shape index (κ3) is 3.70. The molecule has 0 bridgehead atoms. The van der Waals surface area contributed by atoms with E-state index in [2.05, 4.69) is 18.3 Å². The average molecular weight is 254 g/mol. The van der Waals surface area contributed by atoms with Crippen molar-refractivity contribution < 1.29 is 4.74 Å². The van der Waals surface area contributed by atoms with E-state index >= 15 is 0 Å². The van der Waals surface area contributed by atoms with E-state index in [1.54, 1.807) is 0 Å². The summed E-state index contributed by atoms with van der Waals surface area (Å²) in [5.41, 5.74) is 1.17. The van der Waals surface area contributed by atoms with Gasteiger partial charge in [-0.05, 0) is 44.4 Å². The van der Waals surface area contributed by atoms with Crippen LogP contribution >= 0.6 is 11.6 Å². The molecule has 0 radical (unpaired) electrons. The minimum Gasteiger partial charge on any atom is -0.378 e. The summed E-state index contributed by atoms with van der Waals surface area (Å²) >= 11 is 6.16. The van der Waals surface area contributed by atoms with Crippen LogP contribution < -0.4 is 5.32 Å². The minimum atomic E-state index is 0.296. The van der Waals surface area contributed by atoms with Gasteiger partial charge in [-0.25, -0.2) is 0 Å². The Morgan fingerprint density at radius 1 is 1.47 bits per heavy atom. The van der Waals surface area contributed by atoms with Crippen LogP contribution in [-0.2, 0) is 4.74 Å². The molecule has 0 aliphatic carbocycles. The van der Waals surface area contributed by atoms with Crippen LogP contribution in [0.25, 0.3) is 0 Å². The second-order valence-electron chi connectivity index (χ2n) is 4.62. The summed E-state index contributed by atoms with van der Waals surface area (Å²) in [5, 5.41) is 4.34. The fourth-order valence-corrected chi connectivity index (χ4v) is 2.57. The van der Waals surface area contributed by atoms with Gasteiger partial charge in [0.2, 0.25) is 0 Å². The number of halogens is 1. The monoisotopic (exact) mass is 253 g/mol. The summed E-state index contributed by atoms with van der Waals surface area (Å²) in [7, 11) is 0. The molecule has 1 N–H and O–H groups in total. The first-order valence-electron chi connectivity index (χ1n) is 6.37. The Hall–Kier alpha value is -0.570. The van der Waals surface area contributed by atoms with Gasteiger partial charge in [0.15, 0.2) is 0 Å². The molecule has 0 saturated carbocycles. The molecular weight excluding hydrogens is 234 g/mol. The molecule has 1 aliphatic rings. The third-order valence-corrected chi connectivity index (χ3v) is 3.66. The van der Waals surface area contributed by atoms with Crippen LogP contribution in [0.15, 0.2) is 24.3 Å². The lowest BCUT2D eigenvalue weighted by atomic mass is 10.1. The van der Waals surface area contributed by atoms with E-state index in [4.69, 9.17) is 16.3 Å². The highest BCUT2D eigenvalue weighted by atomic mass is 35.5. The van der Waals surface area contributed by atoms with Gasteiger partial charge in [0.05, 0.1) is 6.10 Å². The molecule has 1 saturated heterocycles. The highest BCUT2D eigenvalue weighted by Gasteiger charge is 2.15. The summed E-state index contributed by atoms with van der Waals surface area (Å²) in [4.78, 5) is 0. The van der Waals surface area contributed by atoms with E-state index in [1.165, 1.54) is 18.4 Å². The molecule has 2 nitrogen and oxygen atoms in total. The molecule has 0 aromatic heterocycles. The first kappa shape index (κ1) is 12.9. The Labute approximate surface area is 108 Å². The van der Waals surface area contributed by atoms with Crippen LogP contribution in [0.4, 0.5) is 0 Å². The Balaban J connectivity index is 1.77. The Bertz CT molecular complexity index is 350. The summed E-state index contributed by atoms with van der Waals surface area (Å²) in [5.74, 6) is 0. The van der Waals surface area contributed by atoms with E-state index in [-0.39, 0.29) is 0 Å². The lowest BCUT2D eigenvalue weighted by Gasteiger charge is -2.17. The molecule has 1 fully saturated rings. The molecule has 2 rings (SSSR count). The standard InChI is InChI=1S/C14H20ClNO/c1-11(13-6-2-3-7-14(13)15)16-9-8-12-5-4-10-17-12/h2-3,6-7,11-12,16H,4-5,8-10H2,1H3/t11-,12+/m0/s1. The summed E-state index contributed by atoms with van der Waals surface area (Å²) in [6.07, 6.45) is 3.97. The zero-order chi connectivity index (χ0) is 12.1. The van der Waals surface area contributed by atoms with Crippen molar-refractivity contribution in [3.63, 3.8) is 0 Å². The third-order valence-electron chi connectivity index (χ3n) is 3.31. The fourth-order valence-electron chi connectivity index (χ4n) is 2.27. The quantitative estimate of drug-likeness (QED) is 0.866. The van der Waals surface area contributed by atoms with Crippen molar-refractivity contribution in [2.75, 3.05) is 13.2 Å². The zero-order valence-electron chi connectivity index (χ0n) is 10.3. The van der Waals surface area contributed by atoms with Gasteiger partial charge < -0.3 is 10.1 Å². The molecule has 0 unspecified atom stereocenters. The van der Waals surface area contributed by atoms with Crippen LogP contribution in [0.5, 0.6) is 0 Å². The van der Waals surface area contributed by atoms with Gasteiger partial charge in [0.25, 0.3) is 0 Å². The van der Waals surface area contributed by atoms with Crippen LogP contribution in [0.1, 0.15) is 37.8 Å². The lowest BCUT2D eigenvalue weighted by Crippen LogP contribution is -2.23. The van der Waals surface area contributed by atoms with E-state index < -0.39 is 0 Å². The first-order valence-corrected chi connectivity index (χ1v) is 6.74. The molecule has 0 amide bonds. The molecule has 1 heterocycles. The number of hydrogen-bond acceptors (Lipinski definition) is 2. The molecule has 2 atom stereocenters. The van der Waals surface area contributed by atoms with Gasteiger partial charge in [-0.2, -0.15) is 0 Å². The molecule has 1 aromatic carbocycles. The van der Waals surface area contributed by atoms with Crippen LogP contribution in [-0.4, -0.2) is 19.3 Å². The number of ether oxygens (including phenoxy) is 1. The fraction of sp³-hybridized carbons (Fsp3) is 0.571. The number of nitrogens with one attached hydrogen (secondary N) is 1. The summed E-state index contributed by atoms with van der Waals surface area (Å²) in [6.45, 7) is 4.07. The zero-order valence-corrected chi connectivity index (χ0v) is 11.0. The highest BCUT2D eigenvalue weighted by molar-refractivity contribution is 6.31. The Kier molecular flexibility index (Phi) is 4.84. The number of hydrogen-bond donors (Lipinski definition) is 1. The van der Waals surface area contributed by atoms with E-state index in [1.807, 2.05) is 18.2 Å². The molecule has 17 heavy (non-hydrogen) atoms. The molecule has 1 aromatic rings. The highest BCUT2D eigenvalue weighted by Crippen LogP contribution is 2.22. The van der Waals surface area contributed by atoms with Crippen molar-refractivity contribution in [3.8, 4) is 0 Å². The maximum atomic E-state index is 6.16. The van der Waals surface area contributed by atoms with Gasteiger partial charge in [-0.3, -0.25) is 0 Å². The number of benzene rings is 1. The van der Waals surface area contributed by atoms with Crippen molar-refractivity contribution in [3.05, 3.63) is 34.9 Å². The summed E-state index contributed by atoms with van der Waals surface area (Å²) < 4.78 is 5.60. The first-order chi connectivity index (χ1) is 8.27. The average Bonchev–Trinajstić information content (AvgIpc) is 2.82. The van der Waals surface area contributed by atoms with Gasteiger partial charge in [-0.15, -0.1) is 0 Å². The van der Waals surface area contributed by atoms with Gasteiger partial charge >= 0.3 is 0 Å². The largest absolute Gasteiger partial charge is 0.378 e. The van der Waals surface area contributed by atoms with Crippen molar-refractivity contribution in [1.82, 2.24) is 5.32 Å². The van der Waals surface area contributed by atoms with E-state index in [0.717, 1.165) is 24.6 Å². The maximum Gasteiger partial charge on any atom is 0.0588 e. The van der Waals surface area contributed by atoms with Crippen molar-refractivity contribution >= 4 is 11.6 Å². The van der Waals surface area contributed by atoms with Gasteiger partial charge in [0.1, 0.15) is 0 Å². The normalized spacial score (nSPS) is 21.6. The molecule has 1 aliphatic heterocycles. The minimum absolute atomic E-state index is 0.296. The van der Waals surface area contributed by atoms with Crippen LogP contribution in [0, 0.1) is 0 Å². The predicted octanol–water partition coefficient (Wildman–Crippen LogP) is 3.56. The Morgan fingerprint density at radius 3 is 3.00 bits per heavy atom. The Morgan fingerprint density at radius 2 is 2.29 bits per heavy atom. The van der Waals surface area contributed by atoms with Crippen molar-refractivity contribution in [2.45, 2.75) is 38.3 Å². The maximum absolute atomic E-state index is 6.16. The molecule has 3 heteroatoms. The van der Waals surface area contributed by atoms with Crippen LogP contribution in [0.2, 0.25) is 5.02 Å². The van der Waals surface area contributed by atoms with Crippen molar-refractivity contribution in [1.29, 1.82) is 0 Å². The van der Waals surface area contributed by atoms with Gasteiger partial charge in [0, 0.05) is 17.7 Å². The SMILES string of the molecule is C[C@H](NCC[C@H]1CCCO1)c1ccccc1Cl. The molecular formula is C14H20ClNO. The van der Waals surface area contributed by atoms with Crippen LogP contribution in [0.3, 0.4) is 0 Å². The predicted molar refractivity (Wildman–Crippen MR) is 71.5 cm³/mol. The second-order valence-corrected chi connectivity index (χ2v) is 5.03. The topological polar surface area (TPSA) is 21.3 Å². The van der Waals surface area contributed by atoms with Crippen molar-refractivity contribution in [2.24, 2.45) is 0 Å². The second kappa shape index (κ2) is 6.39. The van der Waals surface area contributed by atoms with E-state index in [9.17, 15) is 0 Å². The lowest BCUT2D eigenvalue weighted by molar-refractivity contribution is 0.103. The van der Waals surface area contributed by atoms with Gasteiger partial charge in [-0.1, -0.05) is 29.8 Å².